The molecular formula is C21H24FN5O. The number of pyridine rings is 1. The van der Waals surface area contributed by atoms with Gasteiger partial charge in [0, 0.05) is 12.1 Å². The largest absolute Gasteiger partial charge is 0.322 e. The number of likely N-dealkylation sites (tertiary alicyclic amines) is 1. The van der Waals surface area contributed by atoms with E-state index < -0.39 is 5.82 Å². The summed E-state index contributed by atoms with van der Waals surface area (Å²) in [5.74, 6) is 0.708. The normalized spacial score (nSPS) is 17.0. The van der Waals surface area contributed by atoms with Gasteiger partial charge in [0.05, 0.1) is 11.7 Å². The van der Waals surface area contributed by atoms with E-state index in [0.717, 1.165) is 43.0 Å². The number of carbonyl (C=O) groups is 1. The molecule has 0 spiro atoms. The highest BCUT2D eigenvalue weighted by Gasteiger charge is 2.29. The second-order valence-corrected chi connectivity index (χ2v) is 7.45. The molecule has 3 aromatic rings. The molecule has 0 radical (unpaired) electrons. The van der Waals surface area contributed by atoms with Gasteiger partial charge in [-0.15, -0.1) is 10.2 Å². The van der Waals surface area contributed by atoms with Crippen molar-refractivity contribution in [3.8, 4) is 0 Å². The van der Waals surface area contributed by atoms with Gasteiger partial charge < -0.3 is 5.32 Å². The molecule has 4 rings (SSSR count). The van der Waals surface area contributed by atoms with Crippen molar-refractivity contribution < 1.29 is 9.18 Å². The van der Waals surface area contributed by atoms with E-state index in [-0.39, 0.29) is 17.6 Å². The number of benzene rings is 1. The number of aromatic nitrogens is 3. The van der Waals surface area contributed by atoms with Crippen LogP contribution in [0.3, 0.4) is 0 Å². The second-order valence-electron chi connectivity index (χ2n) is 7.45. The summed E-state index contributed by atoms with van der Waals surface area (Å²) in [6.07, 6.45) is 3.81. The van der Waals surface area contributed by atoms with Gasteiger partial charge in [0.2, 0.25) is 5.91 Å². The van der Waals surface area contributed by atoms with Crippen molar-refractivity contribution >= 4 is 17.2 Å². The van der Waals surface area contributed by atoms with Crippen LogP contribution in [0, 0.1) is 12.7 Å². The predicted octanol–water partition coefficient (Wildman–Crippen LogP) is 3.38. The molecule has 1 N–H and O–H groups in total. The number of halogens is 1. The molecule has 1 aliphatic heterocycles. The van der Waals surface area contributed by atoms with Gasteiger partial charge in [-0.1, -0.05) is 12.1 Å². The molecule has 0 bridgehead atoms. The Morgan fingerprint density at radius 1 is 1.21 bits per heavy atom. The molecule has 146 valence electrons. The van der Waals surface area contributed by atoms with E-state index in [2.05, 4.69) is 20.4 Å². The lowest BCUT2D eigenvalue weighted by molar-refractivity contribution is -0.121. The Labute approximate surface area is 163 Å². The Hall–Kier alpha value is -2.80. The van der Waals surface area contributed by atoms with Crippen molar-refractivity contribution in [3.63, 3.8) is 0 Å². The van der Waals surface area contributed by atoms with Gasteiger partial charge in [-0.2, -0.15) is 0 Å². The lowest BCUT2D eigenvalue weighted by Crippen LogP contribution is -2.46. The van der Waals surface area contributed by atoms with Crippen molar-refractivity contribution in [2.75, 3.05) is 18.4 Å². The van der Waals surface area contributed by atoms with Crippen LogP contribution in [-0.2, 0) is 4.79 Å². The van der Waals surface area contributed by atoms with Crippen molar-refractivity contribution in [1.29, 1.82) is 0 Å². The summed E-state index contributed by atoms with van der Waals surface area (Å²) in [5, 5.41) is 11.3. The number of fused-ring (bicyclic) bond motifs is 1. The molecule has 1 saturated heterocycles. The third kappa shape index (κ3) is 3.62. The number of anilines is 1. The van der Waals surface area contributed by atoms with Gasteiger partial charge in [-0.25, -0.2) is 4.39 Å². The van der Waals surface area contributed by atoms with Crippen molar-refractivity contribution in [2.24, 2.45) is 0 Å². The van der Waals surface area contributed by atoms with Crippen molar-refractivity contribution in [1.82, 2.24) is 19.5 Å². The SMILES string of the molecule is Cc1ccc(NC(=O)[C@@H](C)N2CCC(c3nnc4ccccn34)CC2)c(F)c1. The average molecular weight is 381 g/mol. The fourth-order valence-electron chi connectivity index (χ4n) is 3.81. The van der Waals surface area contributed by atoms with Crippen LogP contribution in [0.1, 0.15) is 37.1 Å². The number of nitrogens with one attached hydrogen (secondary N) is 1. The minimum Gasteiger partial charge on any atom is -0.322 e. The molecule has 1 atom stereocenters. The maximum atomic E-state index is 14.0. The van der Waals surface area contributed by atoms with E-state index in [0.29, 0.717) is 5.92 Å². The van der Waals surface area contributed by atoms with Crippen LogP contribution in [0.5, 0.6) is 0 Å². The van der Waals surface area contributed by atoms with Crippen LogP contribution in [-0.4, -0.2) is 44.5 Å². The summed E-state index contributed by atoms with van der Waals surface area (Å²) in [6, 6.07) is 10.4. The number of hydrogen-bond donors (Lipinski definition) is 1. The smallest absolute Gasteiger partial charge is 0.241 e. The van der Waals surface area contributed by atoms with Crippen LogP contribution < -0.4 is 5.32 Å². The highest BCUT2D eigenvalue weighted by molar-refractivity contribution is 5.94. The Morgan fingerprint density at radius 3 is 2.75 bits per heavy atom. The van der Waals surface area contributed by atoms with Crippen molar-refractivity contribution in [2.45, 2.75) is 38.6 Å². The first-order valence-electron chi connectivity index (χ1n) is 9.63. The van der Waals surface area contributed by atoms with Gasteiger partial charge in [-0.3, -0.25) is 14.1 Å². The maximum absolute atomic E-state index is 14.0. The highest BCUT2D eigenvalue weighted by Crippen LogP contribution is 2.28. The fraction of sp³-hybridized carbons (Fsp3) is 0.381. The summed E-state index contributed by atoms with van der Waals surface area (Å²) in [6.45, 7) is 5.27. The lowest BCUT2D eigenvalue weighted by Gasteiger charge is -2.34. The Bertz CT molecular complexity index is 993. The first-order chi connectivity index (χ1) is 13.5. The molecule has 6 nitrogen and oxygen atoms in total. The summed E-state index contributed by atoms with van der Waals surface area (Å²) >= 11 is 0. The average Bonchev–Trinajstić information content (AvgIpc) is 3.14. The number of aryl methyl sites for hydroxylation is 1. The Balaban J connectivity index is 1.38. The van der Waals surface area contributed by atoms with E-state index in [1.165, 1.54) is 6.07 Å². The monoisotopic (exact) mass is 381 g/mol. The summed E-state index contributed by atoms with van der Waals surface area (Å²) in [7, 11) is 0. The standard InChI is InChI=1S/C21H24FN5O/c1-14-6-7-18(17(22)13-14)23-21(28)15(2)26-11-8-16(9-12-26)20-25-24-19-5-3-4-10-27(19)20/h3-7,10,13,15-16H,8-9,11-12H2,1-2H3,(H,23,28)/t15-/m1/s1. The molecule has 7 heteroatoms. The van der Waals surface area contributed by atoms with Crippen LogP contribution in [0.4, 0.5) is 10.1 Å². The number of amides is 1. The van der Waals surface area contributed by atoms with Gasteiger partial charge in [0.25, 0.3) is 0 Å². The molecule has 0 aliphatic carbocycles. The highest BCUT2D eigenvalue weighted by atomic mass is 19.1. The van der Waals surface area contributed by atoms with Gasteiger partial charge in [0.15, 0.2) is 5.65 Å². The third-order valence-corrected chi connectivity index (χ3v) is 5.54. The first-order valence-corrected chi connectivity index (χ1v) is 9.63. The molecule has 3 heterocycles. The van der Waals surface area contributed by atoms with Gasteiger partial charge >= 0.3 is 0 Å². The zero-order chi connectivity index (χ0) is 19.7. The third-order valence-electron chi connectivity index (χ3n) is 5.54. The predicted molar refractivity (Wildman–Crippen MR) is 106 cm³/mol. The number of rotatable bonds is 4. The zero-order valence-electron chi connectivity index (χ0n) is 16.1. The minimum atomic E-state index is -0.405. The van der Waals surface area contributed by atoms with Crippen LogP contribution in [0.15, 0.2) is 42.6 Å². The second kappa shape index (κ2) is 7.67. The quantitative estimate of drug-likeness (QED) is 0.753. The summed E-state index contributed by atoms with van der Waals surface area (Å²) in [5.41, 5.74) is 1.91. The van der Waals surface area contributed by atoms with E-state index >= 15 is 0 Å². The molecule has 0 saturated carbocycles. The molecule has 1 aromatic carbocycles. The number of piperidine rings is 1. The zero-order valence-corrected chi connectivity index (χ0v) is 16.1. The molecule has 1 fully saturated rings. The number of nitrogens with zero attached hydrogens (tertiary/aromatic N) is 4. The van der Waals surface area contributed by atoms with E-state index in [1.54, 1.807) is 12.1 Å². The van der Waals surface area contributed by atoms with Gasteiger partial charge in [-0.05, 0) is 69.6 Å². The lowest BCUT2D eigenvalue weighted by atomic mass is 9.95. The Kier molecular flexibility index (Phi) is 5.09. The van der Waals surface area contributed by atoms with Crippen LogP contribution in [0.25, 0.3) is 5.65 Å². The van der Waals surface area contributed by atoms with E-state index in [1.807, 2.05) is 42.6 Å². The van der Waals surface area contributed by atoms with Crippen molar-refractivity contribution in [3.05, 3.63) is 59.8 Å². The maximum Gasteiger partial charge on any atom is 0.241 e. The summed E-state index contributed by atoms with van der Waals surface area (Å²) in [4.78, 5) is 14.7. The molecule has 28 heavy (non-hydrogen) atoms. The van der Waals surface area contributed by atoms with Gasteiger partial charge in [0.1, 0.15) is 11.6 Å². The topological polar surface area (TPSA) is 62.5 Å². The summed E-state index contributed by atoms with van der Waals surface area (Å²) < 4.78 is 16.0. The molecule has 2 aromatic heterocycles. The van der Waals surface area contributed by atoms with E-state index in [4.69, 9.17) is 0 Å². The molecular weight excluding hydrogens is 357 g/mol. The number of hydrogen-bond acceptors (Lipinski definition) is 4. The fourth-order valence-corrected chi connectivity index (χ4v) is 3.81. The molecule has 1 aliphatic rings. The van der Waals surface area contributed by atoms with Crippen LogP contribution >= 0.6 is 0 Å². The first kappa shape index (κ1) is 18.6. The molecule has 0 unspecified atom stereocenters. The Morgan fingerprint density at radius 2 is 2.00 bits per heavy atom. The minimum absolute atomic E-state index is 0.186. The molecule has 1 amide bonds. The van der Waals surface area contributed by atoms with E-state index in [9.17, 15) is 9.18 Å². The van der Waals surface area contributed by atoms with Crippen LogP contribution in [0.2, 0.25) is 0 Å². The number of carbonyl (C=O) groups excluding carboxylic acids is 1.